The number of nitrogen functional groups attached to an aromatic ring is 2. The van der Waals surface area contributed by atoms with E-state index in [1.165, 1.54) is 0 Å². The number of rotatable bonds is 2. The molecule has 0 aromatic carbocycles. The van der Waals surface area contributed by atoms with Gasteiger partial charge in [-0.1, -0.05) is 6.92 Å². The zero-order valence-corrected chi connectivity index (χ0v) is 8.94. The number of fused-ring (bicyclic) bond motifs is 1. The highest BCUT2D eigenvalue weighted by Crippen LogP contribution is 2.26. The molecule has 2 heterocycles. The van der Waals surface area contributed by atoms with E-state index >= 15 is 0 Å². The fraction of sp³-hybridized carbons (Fsp3) is 0.400. The van der Waals surface area contributed by atoms with Crippen molar-refractivity contribution in [3.63, 3.8) is 0 Å². The van der Waals surface area contributed by atoms with Crippen molar-refractivity contribution < 1.29 is 0 Å². The van der Waals surface area contributed by atoms with Crippen molar-refractivity contribution in [3.05, 3.63) is 12.4 Å². The van der Waals surface area contributed by atoms with Gasteiger partial charge in [-0.05, 0) is 13.3 Å². The summed E-state index contributed by atoms with van der Waals surface area (Å²) in [6.07, 6.45) is 4.31. The van der Waals surface area contributed by atoms with Crippen molar-refractivity contribution in [2.45, 2.75) is 26.3 Å². The van der Waals surface area contributed by atoms with Crippen LogP contribution in [-0.4, -0.2) is 14.8 Å². The van der Waals surface area contributed by atoms with Crippen LogP contribution in [-0.2, 0) is 0 Å². The molecule has 0 saturated carbocycles. The van der Waals surface area contributed by atoms with Gasteiger partial charge >= 0.3 is 0 Å². The second kappa shape index (κ2) is 3.42. The maximum Gasteiger partial charge on any atom is 0.160 e. The van der Waals surface area contributed by atoms with Crippen LogP contribution in [0, 0.1) is 0 Å². The molecule has 0 aliphatic heterocycles. The van der Waals surface area contributed by atoms with Crippen LogP contribution in [0.2, 0.25) is 0 Å². The summed E-state index contributed by atoms with van der Waals surface area (Å²) in [4.78, 5) is 4.27. The van der Waals surface area contributed by atoms with Crippen molar-refractivity contribution in [2.75, 3.05) is 11.5 Å². The molecule has 4 N–H and O–H groups in total. The second-order valence-electron chi connectivity index (χ2n) is 3.71. The molecule has 0 aliphatic carbocycles. The molecule has 0 bridgehead atoms. The molecular formula is C10H15N5. The third-order valence-corrected chi connectivity index (χ3v) is 2.70. The van der Waals surface area contributed by atoms with Crippen molar-refractivity contribution >= 4 is 22.4 Å². The molecule has 0 amide bonds. The Balaban J connectivity index is 2.67. The van der Waals surface area contributed by atoms with Gasteiger partial charge in [0.2, 0.25) is 0 Å². The lowest BCUT2D eigenvalue weighted by Gasteiger charge is -2.10. The zero-order valence-electron chi connectivity index (χ0n) is 8.94. The smallest absolute Gasteiger partial charge is 0.160 e. The van der Waals surface area contributed by atoms with Gasteiger partial charge in [-0.2, -0.15) is 5.10 Å². The Morgan fingerprint density at radius 2 is 2.13 bits per heavy atom. The number of nitrogens with two attached hydrogens (primary N) is 2. The van der Waals surface area contributed by atoms with Crippen molar-refractivity contribution in [2.24, 2.45) is 0 Å². The van der Waals surface area contributed by atoms with Crippen LogP contribution in [0.5, 0.6) is 0 Å². The number of pyridine rings is 1. The minimum absolute atomic E-state index is 0.318. The average Bonchev–Trinajstić information content (AvgIpc) is 2.66. The first-order valence-corrected chi connectivity index (χ1v) is 5.02. The lowest BCUT2D eigenvalue weighted by Crippen LogP contribution is -2.06. The second-order valence-corrected chi connectivity index (χ2v) is 3.71. The molecule has 0 fully saturated rings. The summed E-state index contributed by atoms with van der Waals surface area (Å²) in [5.74, 6) is 0. The summed E-state index contributed by atoms with van der Waals surface area (Å²) in [6.45, 7) is 4.21. The molecular weight excluding hydrogens is 190 g/mol. The molecule has 1 atom stereocenters. The third kappa shape index (κ3) is 1.40. The Bertz CT molecular complexity index is 488. The third-order valence-electron chi connectivity index (χ3n) is 2.70. The molecule has 0 aliphatic rings. The molecule has 5 heteroatoms. The maximum absolute atomic E-state index is 5.85. The highest BCUT2D eigenvalue weighted by molar-refractivity contribution is 5.93. The molecule has 0 saturated heterocycles. The first kappa shape index (κ1) is 9.76. The summed E-state index contributed by atoms with van der Waals surface area (Å²) in [7, 11) is 0. The number of hydrogen-bond acceptors (Lipinski definition) is 4. The Kier molecular flexibility index (Phi) is 2.22. The van der Waals surface area contributed by atoms with Gasteiger partial charge in [-0.15, -0.1) is 0 Å². The highest BCUT2D eigenvalue weighted by atomic mass is 15.3. The lowest BCUT2D eigenvalue weighted by atomic mass is 10.2. The van der Waals surface area contributed by atoms with Crippen LogP contribution in [0.15, 0.2) is 12.4 Å². The summed E-state index contributed by atoms with van der Waals surface area (Å²) < 4.78 is 1.88. The van der Waals surface area contributed by atoms with E-state index in [-0.39, 0.29) is 0 Å². The van der Waals surface area contributed by atoms with E-state index in [0.717, 1.165) is 17.5 Å². The summed E-state index contributed by atoms with van der Waals surface area (Å²) in [6, 6.07) is 0.318. The van der Waals surface area contributed by atoms with Crippen molar-refractivity contribution in [1.82, 2.24) is 14.8 Å². The van der Waals surface area contributed by atoms with E-state index in [9.17, 15) is 0 Å². The van der Waals surface area contributed by atoms with Crippen LogP contribution in [0.4, 0.5) is 11.4 Å². The topological polar surface area (TPSA) is 82.8 Å². The molecule has 2 aromatic rings. The van der Waals surface area contributed by atoms with E-state index in [2.05, 4.69) is 23.9 Å². The Labute approximate surface area is 88.1 Å². The van der Waals surface area contributed by atoms with Gasteiger partial charge in [0.15, 0.2) is 5.65 Å². The van der Waals surface area contributed by atoms with Crippen molar-refractivity contribution in [3.8, 4) is 0 Å². The molecule has 80 valence electrons. The first-order valence-electron chi connectivity index (χ1n) is 5.02. The monoisotopic (exact) mass is 205 g/mol. The maximum atomic E-state index is 5.85. The summed E-state index contributed by atoms with van der Waals surface area (Å²) >= 11 is 0. The fourth-order valence-electron chi connectivity index (χ4n) is 1.53. The molecule has 0 radical (unpaired) electrons. The van der Waals surface area contributed by atoms with Gasteiger partial charge in [0.05, 0.1) is 35.2 Å². The summed E-state index contributed by atoms with van der Waals surface area (Å²) in [5, 5.41) is 5.12. The van der Waals surface area contributed by atoms with E-state index in [0.29, 0.717) is 17.4 Å². The van der Waals surface area contributed by atoms with Gasteiger partial charge in [0.1, 0.15) is 0 Å². The number of anilines is 2. The van der Waals surface area contributed by atoms with Gasteiger partial charge in [0, 0.05) is 0 Å². The number of aromatic nitrogens is 3. The lowest BCUT2D eigenvalue weighted by molar-refractivity contribution is 0.490. The molecule has 2 aromatic heterocycles. The largest absolute Gasteiger partial charge is 0.396 e. The average molecular weight is 205 g/mol. The van der Waals surface area contributed by atoms with Crippen LogP contribution >= 0.6 is 0 Å². The zero-order chi connectivity index (χ0) is 11.0. The van der Waals surface area contributed by atoms with E-state index in [1.807, 2.05) is 4.68 Å². The number of nitrogens with zero attached hydrogens (tertiary/aromatic N) is 3. The van der Waals surface area contributed by atoms with Crippen LogP contribution in [0.3, 0.4) is 0 Å². The Morgan fingerprint density at radius 3 is 2.80 bits per heavy atom. The van der Waals surface area contributed by atoms with Crippen LogP contribution in [0.25, 0.3) is 11.0 Å². The Hall–Kier alpha value is -1.78. The standard InChI is InChI=1S/C10H15N5/c1-3-6(2)15-10-7(4-14-15)9(12)8(11)5-13-10/h4-6H,3,11H2,1-2H3,(H2,12,13). The molecule has 15 heavy (non-hydrogen) atoms. The van der Waals surface area contributed by atoms with Gasteiger partial charge in [0.25, 0.3) is 0 Å². The molecule has 5 nitrogen and oxygen atoms in total. The quantitative estimate of drug-likeness (QED) is 0.779. The first-order chi connectivity index (χ1) is 7.15. The predicted molar refractivity (Wildman–Crippen MR) is 61.4 cm³/mol. The van der Waals surface area contributed by atoms with E-state index < -0.39 is 0 Å². The van der Waals surface area contributed by atoms with Gasteiger partial charge < -0.3 is 11.5 Å². The summed E-state index contributed by atoms with van der Waals surface area (Å²) in [5.41, 5.74) is 13.4. The molecule has 2 rings (SSSR count). The van der Waals surface area contributed by atoms with Crippen LogP contribution in [0.1, 0.15) is 26.3 Å². The normalized spacial score (nSPS) is 13.2. The fourth-order valence-corrected chi connectivity index (χ4v) is 1.53. The SMILES string of the molecule is CCC(C)n1ncc2c(N)c(N)cnc21. The van der Waals surface area contributed by atoms with Crippen molar-refractivity contribution in [1.29, 1.82) is 0 Å². The minimum Gasteiger partial charge on any atom is -0.396 e. The molecule has 0 spiro atoms. The predicted octanol–water partition coefficient (Wildman–Crippen LogP) is 1.57. The van der Waals surface area contributed by atoms with E-state index in [1.54, 1.807) is 12.4 Å². The van der Waals surface area contributed by atoms with E-state index in [4.69, 9.17) is 11.5 Å². The minimum atomic E-state index is 0.318. The highest BCUT2D eigenvalue weighted by Gasteiger charge is 2.12. The van der Waals surface area contributed by atoms with Gasteiger partial charge in [-0.25, -0.2) is 9.67 Å². The number of hydrogen-bond donors (Lipinski definition) is 2. The molecule has 1 unspecified atom stereocenters. The van der Waals surface area contributed by atoms with Gasteiger partial charge in [-0.3, -0.25) is 0 Å². The van der Waals surface area contributed by atoms with Crippen LogP contribution < -0.4 is 11.5 Å². The Morgan fingerprint density at radius 1 is 1.40 bits per heavy atom.